The molecule has 2 aromatic heterocycles. The van der Waals surface area contributed by atoms with Gasteiger partial charge in [0.2, 0.25) is 0 Å². The molecule has 0 aliphatic carbocycles. The van der Waals surface area contributed by atoms with Gasteiger partial charge in [-0.25, -0.2) is 4.98 Å². The molecule has 1 atom stereocenters. The van der Waals surface area contributed by atoms with Crippen molar-refractivity contribution in [2.24, 2.45) is 5.92 Å². The molecule has 0 saturated carbocycles. The van der Waals surface area contributed by atoms with Gasteiger partial charge in [-0.05, 0) is 42.0 Å². The van der Waals surface area contributed by atoms with E-state index in [1.54, 1.807) is 23.1 Å². The number of aromatic nitrogens is 2. The van der Waals surface area contributed by atoms with Crippen molar-refractivity contribution in [3.05, 3.63) is 86.5 Å². The van der Waals surface area contributed by atoms with E-state index < -0.39 is 0 Å². The zero-order chi connectivity index (χ0) is 22.9. The van der Waals surface area contributed by atoms with Crippen LogP contribution in [-0.2, 0) is 24.2 Å². The van der Waals surface area contributed by atoms with E-state index in [0.29, 0.717) is 12.5 Å². The van der Waals surface area contributed by atoms with Crippen LogP contribution in [0, 0.1) is 12.8 Å². The molecule has 1 aliphatic heterocycles. The predicted octanol–water partition coefficient (Wildman–Crippen LogP) is 6.19. The molecule has 6 heteroatoms. The van der Waals surface area contributed by atoms with Crippen molar-refractivity contribution in [2.75, 3.05) is 5.75 Å². The summed E-state index contributed by atoms with van der Waals surface area (Å²) in [6, 6.07) is 18.5. The lowest BCUT2D eigenvalue weighted by Gasteiger charge is -2.26. The predicted molar refractivity (Wildman–Crippen MR) is 138 cm³/mol. The molecule has 5 rings (SSSR count). The van der Waals surface area contributed by atoms with Gasteiger partial charge in [-0.1, -0.05) is 74.1 Å². The summed E-state index contributed by atoms with van der Waals surface area (Å²) in [6.07, 6.45) is 1.84. The number of thiophene rings is 1. The average Bonchev–Trinajstić information content (AvgIpc) is 3.18. The first-order chi connectivity index (χ1) is 16.0. The van der Waals surface area contributed by atoms with Gasteiger partial charge in [0.05, 0.1) is 23.8 Å². The Balaban J connectivity index is 1.61. The molecule has 4 aromatic rings. The number of thioether (sulfide) groups is 1. The molecule has 1 aliphatic rings. The average molecular weight is 477 g/mol. The Hall–Kier alpha value is -2.41. The van der Waals surface area contributed by atoms with E-state index in [1.165, 1.54) is 5.56 Å². The number of hydrogen-bond acceptors (Lipinski definition) is 5. The molecule has 0 fully saturated rings. The fourth-order valence-electron chi connectivity index (χ4n) is 4.36. The molecule has 33 heavy (non-hydrogen) atoms. The van der Waals surface area contributed by atoms with E-state index in [2.05, 4.69) is 51.1 Å². The van der Waals surface area contributed by atoms with Crippen molar-refractivity contribution >= 4 is 33.3 Å². The van der Waals surface area contributed by atoms with Crippen LogP contribution in [0.4, 0.5) is 0 Å². The molecule has 170 valence electrons. The van der Waals surface area contributed by atoms with Crippen LogP contribution in [0.25, 0.3) is 15.9 Å². The Morgan fingerprint density at radius 1 is 1.15 bits per heavy atom. The summed E-state index contributed by atoms with van der Waals surface area (Å²) in [5.74, 6) is 1.27. The van der Waals surface area contributed by atoms with Gasteiger partial charge < -0.3 is 4.74 Å². The number of hydrogen-bond donors (Lipinski definition) is 0. The van der Waals surface area contributed by atoms with Gasteiger partial charge >= 0.3 is 0 Å². The Labute approximate surface area is 202 Å². The Bertz CT molecular complexity index is 1340. The van der Waals surface area contributed by atoms with Crippen molar-refractivity contribution < 1.29 is 4.74 Å². The van der Waals surface area contributed by atoms with Gasteiger partial charge in [0.25, 0.3) is 5.56 Å². The summed E-state index contributed by atoms with van der Waals surface area (Å²) in [7, 11) is 0. The van der Waals surface area contributed by atoms with Crippen molar-refractivity contribution in [3.63, 3.8) is 0 Å². The summed E-state index contributed by atoms with van der Waals surface area (Å²) in [5, 5.41) is 1.54. The number of nitrogens with zero attached hydrogens (tertiary/aromatic N) is 2. The largest absolute Gasteiger partial charge is 0.372 e. The van der Waals surface area contributed by atoms with Crippen molar-refractivity contribution in [1.29, 1.82) is 0 Å². The number of rotatable bonds is 6. The summed E-state index contributed by atoms with van der Waals surface area (Å²) >= 11 is 3.27. The Kier molecular flexibility index (Phi) is 6.41. The monoisotopic (exact) mass is 476 g/mol. The highest BCUT2D eigenvalue weighted by Gasteiger charge is 2.29. The molecule has 0 bridgehead atoms. The van der Waals surface area contributed by atoms with Crippen LogP contribution in [0.1, 0.15) is 35.4 Å². The van der Waals surface area contributed by atoms with Crippen molar-refractivity contribution in [1.82, 2.24) is 9.55 Å². The van der Waals surface area contributed by atoms with Crippen LogP contribution in [0.2, 0.25) is 0 Å². The summed E-state index contributed by atoms with van der Waals surface area (Å²) in [6.45, 7) is 6.97. The fourth-order valence-corrected chi connectivity index (χ4v) is 6.52. The molecular weight excluding hydrogens is 448 g/mol. The third-order valence-electron chi connectivity index (χ3n) is 6.28. The second kappa shape index (κ2) is 9.45. The molecule has 0 spiro atoms. The van der Waals surface area contributed by atoms with Gasteiger partial charge in [-0.3, -0.25) is 9.36 Å². The van der Waals surface area contributed by atoms with Crippen molar-refractivity contribution in [2.45, 2.75) is 51.5 Å². The summed E-state index contributed by atoms with van der Waals surface area (Å²) < 4.78 is 7.92. The maximum absolute atomic E-state index is 14.0. The molecule has 4 nitrogen and oxygen atoms in total. The summed E-state index contributed by atoms with van der Waals surface area (Å²) in [4.78, 5) is 21.1. The molecule has 0 unspecified atom stereocenters. The highest BCUT2D eigenvalue weighted by Crippen LogP contribution is 2.36. The highest BCUT2D eigenvalue weighted by atomic mass is 32.2. The highest BCUT2D eigenvalue weighted by molar-refractivity contribution is 7.99. The molecule has 3 heterocycles. The zero-order valence-corrected chi connectivity index (χ0v) is 20.8. The molecule has 2 aromatic carbocycles. The van der Waals surface area contributed by atoms with Crippen LogP contribution in [0.15, 0.2) is 64.5 Å². The van der Waals surface area contributed by atoms with Gasteiger partial charge in [0.15, 0.2) is 5.16 Å². The number of benzene rings is 2. The summed E-state index contributed by atoms with van der Waals surface area (Å²) in [5.41, 5.74) is 4.45. The minimum Gasteiger partial charge on any atom is -0.372 e. The lowest BCUT2D eigenvalue weighted by molar-refractivity contribution is 0.00200. The minimum absolute atomic E-state index is 0.0402. The second-order valence-electron chi connectivity index (χ2n) is 8.89. The first-order valence-corrected chi connectivity index (χ1v) is 13.2. The Morgan fingerprint density at radius 3 is 2.67 bits per heavy atom. The van der Waals surface area contributed by atoms with E-state index in [-0.39, 0.29) is 11.7 Å². The van der Waals surface area contributed by atoms with Gasteiger partial charge in [0, 0.05) is 17.1 Å². The lowest BCUT2D eigenvalue weighted by Crippen LogP contribution is -2.28. The van der Waals surface area contributed by atoms with Crippen LogP contribution in [-0.4, -0.2) is 21.4 Å². The molecule has 0 radical (unpaired) electrons. The lowest BCUT2D eigenvalue weighted by atomic mass is 9.96. The number of para-hydroxylation sites is 1. The standard InChI is InChI=1S/C27H28N2O2S2/c1-17(2)22-15-20-23(16-31-22)33-25-24(20)26(30)29(21-12-8-7-9-18(21)3)27(28-25)32-14-13-19-10-5-4-6-11-19/h4-12,17,22H,13-16H2,1-3H3/t22-/m0/s1. The quantitative estimate of drug-likeness (QED) is 0.246. The van der Waals surface area contributed by atoms with E-state index >= 15 is 0 Å². The van der Waals surface area contributed by atoms with E-state index in [0.717, 1.165) is 55.7 Å². The van der Waals surface area contributed by atoms with Crippen LogP contribution in [0.5, 0.6) is 0 Å². The minimum atomic E-state index is 0.0402. The van der Waals surface area contributed by atoms with E-state index in [1.807, 2.05) is 28.8 Å². The first-order valence-electron chi connectivity index (χ1n) is 11.4. The van der Waals surface area contributed by atoms with Gasteiger partial charge in [-0.15, -0.1) is 11.3 Å². The van der Waals surface area contributed by atoms with Gasteiger partial charge in [-0.2, -0.15) is 0 Å². The smallest absolute Gasteiger partial charge is 0.267 e. The SMILES string of the molecule is Cc1ccccc1-n1c(SCCc2ccccc2)nc2sc3c(c2c1=O)C[C@@H](C(C)C)OC3. The maximum atomic E-state index is 14.0. The fraction of sp³-hybridized carbons (Fsp3) is 0.333. The van der Waals surface area contributed by atoms with E-state index in [9.17, 15) is 4.79 Å². The van der Waals surface area contributed by atoms with Gasteiger partial charge in [0.1, 0.15) is 4.83 Å². The zero-order valence-electron chi connectivity index (χ0n) is 19.2. The maximum Gasteiger partial charge on any atom is 0.267 e. The third kappa shape index (κ3) is 4.39. The number of aryl methyl sites for hydroxylation is 2. The van der Waals surface area contributed by atoms with Crippen LogP contribution in [0.3, 0.4) is 0 Å². The topological polar surface area (TPSA) is 44.1 Å². The number of fused-ring (bicyclic) bond motifs is 3. The molecule has 0 saturated heterocycles. The van der Waals surface area contributed by atoms with E-state index in [4.69, 9.17) is 9.72 Å². The molecule has 0 N–H and O–H groups in total. The van der Waals surface area contributed by atoms with Crippen molar-refractivity contribution in [3.8, 4) is 5.69 Å². The third-order valence-corrected chi connectivity index (χ3v) is 8.32. The first kappa shape index (κ1) is 22.4. The molecular formula is C27H28N2O2S2. The van der Waals surface area contributed by atoms with Crippen LogP contribution >= 0.6 is 23.1 Å². The number of ether oxygens (including phenoxy) is 1. The molecule has 0 amide bonds. The second-order valence-corrected chi connectivity index (χ2v) is 11.0. The normalized spacial score (nSPS) is 15.8. The van der Waals surface area contributed by atoms with Crippen LogP contribution < -0.4 is 5.56 Å². The Morgan fingerprint density at radius 2 is 1.91 bits per heavy atom.